The van der Waals surface area contributed by atoms with Gasteiger partial charge in [-0.2, -0.15) is 0 Å². The van der Waals surface area contributed by atoms with Gasteiger partial charge in [0, 0.05) is 18.6 Å². The number of thiophene rings is 1. The fourth-order valence-electron chi connectivity index (χ4n) is 3.09. The van der Waals surface area contributed by atoms with Gasteiger partial charge < -0.3 is 15.0 Å². The summed E-state index contributed by atoms with van der Waals surface area (Å²) in [5.74, 6) is -0.516. The highest BCUT2D eigenvalue weighted by Crippen LogP contribution is 2.28. The number of amides is 1. The molecule has 2 aromatic carbocycles. The molecule has 0 radical (unpaired) electrons. The number of benzene rings is 2. The number of carbonyl (C=O) groups excluding carboxylic acids is 2. The Hall–Kier alpha value is -2.83. The van der Waals surface area contributed by atoms with Gasteiger partial charge in [-0.25, -0.2) is 4.79 Å². The maximum absolute atomic E-state index is 12.9. The highest BCUT2D eigenvalue weighted by Gasteiger charge is 2.19. The molecule has 1 heterocycles. The van der Waals surface area contributed by atoms with Crippen molar-refractivity contribution < 1.29 is 14.3 Å². The van der Waals surface area contributed by atoms with Gasteiger partial charge >= 0.3 is 5.97 Å². The summed E-state index contributed by atoms with van der Waals surface area (Å²) in [6.07, 6.45) is 0. The quantitative estimate of drug-likeness (QED) is 0.503. The number of hydrogen-bond acceptors (Lipinski definition) is 5. The van der Waals surface area contributed by atoms with Gasteiger partial charge in [0.15, 0.2) is 0 Å². The molecule has 0 aliphatic rings. The summed E-state index contributed by atoms with van der Waals surface area (Å²) < 4.78 is 4.72. The molecule has 156 valence electrons. The van der Waals surface area contributed by atoms with Crippen LogP contribution in [0.25, 0.3) is 0 Å². The van der Waals surface area contributed by atoms with E-state index in [1.54, 1.807) is 12.1 Å². The molecule has 0 unspecified atom stereocenters. The average Bonchev–Trinajstić information content (AvgIpc) is 3.25. The molecular weight excluding hydrogens is 420 g/mol. The Morgan fingerprint density at radius 3 is 2.40 bits per heavy atom. The molecule has 0 bridgehead atoms. The molecule has 3 rings (SSSR count). The predicted octanol–water partition coefficient (Wildman–Crippen LogP) is 5.32. The fourth-order valence-corrected chi connectivity index (χ4v) is 4.06. The second-order valence-electron chi connectivity index (χ2n) is 6.93. The van der Waals surface area contributed by atoms with Gasteiger partial charge in [-0.3, -0.25) is 4.79 Å². The van der Waals surface area contributed by atoms with Gasteiger partial charge in [-0.05, 0) is 53.8 Å². The zero-order valence-electron chi connectivity index (χ0n) is 17.0. The number of nitrogens with zero attached hydrogens (tertiary/aromatic N) is 1. The molecule has 1 N–H and O–H groups in total. The van der Waals surface area contributed by atoms with E-state index in [-0.39, 0.29) is 17.9 Å². The van der Waals surface area contributed by atoms with E-state index in [9.17, 15) is 9.59 Å². The van der Waals surface area contributed by atoms with Crippen LogP contribution in [0, 0.1) is 0 Å². The third kappa shape index (κ3) is 5.20. The van der Waals surface area contributed by atoms with Crippen LogP contribution in [0.2, 0.25) is 5.02 Å². The molecule has 1 amide bonds. The lowest BCUT2D eigenvalue weighted by Crippen LogP contribution is -2.28. The molecule has 0 saturated heterocycles. The number of methoxy groups -OCH3 is 1. The van der Waals surface area contributed by atoms with Crippen molar-refractivity contribution in [2.75, 3.05) is 19.1 Å². The van der Waals surface area contributed by atoms with Crippen molar-refractivity contribution in [3.8, 4) is 0 Å². The van der Waals surface area contributed by atoms with Crippen molar-refractivity contribution in [3.63, 3.8) is 0 Å². The second-order valence-corrected chi connectivity index (χ2v) is 8.28. The first-order valence-corrected chi connectivity index (χ1v) is 10.7. The Morgan fingerprint density at radius 1 is 1.10 bits per heavy atom. The van der Waals surface area contributed by atoms with Gasteiger partial charge in [-0.15, -0.1) is 11.3 Å². The number of carbonyl (C=O) groups is 2. The van der Waals surface area contributed by atoms with E-state index >= 15 is 0 Å². The number of anilines is 1. The number of halogens is 1. The Labute approximate surface area is 185 Å². The molecule has 5 nitrogen and oxygen atoms in total. The summed E-state index contributed by atoms with van der Waals surface area (Å²) >= 11 is 7.37. The van der Waals surface area contributed by atoms with Crippen LogP contribution in [-0.2, 0) is 11.3 Å². The minimum atomic E-state index is -0.384. The summed E-state index contributed by atoms with van der Waals surface area (Å²) in [5.41, 5.74) is 3.37. The van der Waals surface area contributed by atoms with Gasteiger partial charge in [0.2, 0.25) is 0 Å². The van der Waals surface area contributed by atoms with E-state index in [0.717, 1.165) is 16.8 Å². The standard InChI is InChI=1S/C23H23ClN2O3S/c1-15(17-6-8-18(9-7-17)23(28)29-3)25-22(27)21-20(12-13-30-21)26(2)14-16-4-10-19(24)11-5-16/h4-13,15H,14H2,1-3H3,(H,25,27)/t15-/m0/s1. The molecule has 0 spiro atoms. The fraction of sp³-hybridized carbons (Fsp3) is 0.217. The van der Waals surface area contributed by atoms with Gasteiger partial charge in [0.1, 0.15) is 4.88 Å². The van der Waals surface area contributed by atoms with E-state index in [1.165, 1.54) is 18.4 Å². The number of ether oxygens (including phenoxy) is 1. The molecule has 30 heavy (non-hydrogen) atoms. The smallest absolute Gasteiger partial charge is 0.337 e. The lowest BCUT2D eigenvalue weighted by atomic mass is 10.1. The highest BCUT2D eigenvalue weighted by atomic mass is 35.5. The van der Waals surface area contributed by atoms with E-state index in [4.69, 9.17) is 16.3 Å². The van der Waals surface area contributed by atoms with Crippen LogP contribution in [0.3, 0.4) is 0 Å². The molecule has 0 saturated carbocycles. The molecule has 0 aliphatic heterocycles. The Balaban J connectivity index is 1.68. The summed E-state index contributed by atoms with van der Waals surface area (Å²) in [5, 5.41) is 5.65. The molecule has 1 aromatic heterocycles. The minimum absolute atomic E-state index is 0.132. The van der Waals surface area contributed by atoms with Crippen LogP contribution in [0.5, 0.6) is 0 Å². The normalized spacial score (nSPS) is 11.6. The second kappa shape index (κ2) is 9.78. The van der Waals surface area contributed by atoms with Crippen molar-refractivity contribution >= 4 is 40.5 Å². The molecule has 1 atom stereocenters. The van der Waals surface area contributed by atoms with Gasteiger partial charge in [0.05, 0.1) is 24.4 Å². The van der Waals surface area contributed by atoms with E-state index in [1.807, 2.05) is 66.7 Å². The summed E-state index contributed by atoms with van der Waals surface area (Å²) in [4.78, 5) is 27.2. The van der Waals surface area contributed by atoms with Crippen molar-refractivity contribution in [3.05, 3.63) is 86.6 Å². The number of esters is 1. The monoisotopic (exact) mass is 442 g/mol. The Bertz CT molecular complexity index is 1020. The van der Waals surface area contributed by atoms with Crippen LogP contribution in [0.4, 0.5) is 5.69 Å². The van der Waals surface area contributed by atoms with Crippen LogP contribution in [-0.4, -0.2) is 26.0 Å². The van der Waals surface area contributed by atoms with Crippen molar-refractivity contribution in [2.24, 2.45) is 0 Å². The zero-order valence-corrected chi connectivity index (χ0v) is 18.6. The average molecular weight is 443 g/mol. The van der Waals surface area contributed by atoms with Crippen molar-refractivity contribution in [1.82, 2.24) is 5.32 Å². The van der Waals surface area contributed by atoms with Crippen molar-refractivity contribution in [1.29, 1.82) is 0 Å². The molecular formula is C23H23ClN2O3S. The van der Waals surface area contributed by atoms with Crippen molar-refractivity contribution in [2.45, 2.75) is 19.5 Å². The van der Waals surface area contributed by atoms with Crippen LogP contribution < -0.4 is 10.2 Å². The molecule has 0 aliphatic carbocycles. The van der Waals surface area contributed by atoms with Gasteiger partial charge in [-0.1, -0.05) is 35.9 Å². The zero-order chi connectivity index (χ0) is 21.7. The first-order chi connectivity index (χ1) is 14.4. The van der Waals surface area contributed by atoms with E-state index in [0.29, 0.717) is 22.0 Å². The van der Waals surface area contributed by atoms with Gasteiger partial charge in [0.25, 0.3) is 5.91 Å². The predicted molar refractivity (Wildman–Crippen MR) is 122 cm³/mol. The molecule has 3 aromatic rings. The van der Waals surface area contributed by atoms with Crippen LogP contribution >= 0.6 is 22.9 Å². The van der Waals surface area contributed by atoms with E-state index < -0.39 is 0 Å². The number of hydrogen-bond donors (Lipinski definition) is 1. The largest absolute Gasteiger partial charge is 0.465 e. The third-order valence-electron chi connectivity index (χ3n) is 4.77. The lowest BCUT2D eigenvalue weighted by molar-refractivity contribution is 0.0600. The summed E-state index contributed by atoms with van der Waals surface area (Å²) in [6.45, 7) is 2.58. The highest BCUT2D eigenvalue weighted by molar-refractivity contribution is 7.12. The summed E-state index contributed by atoms with van der Waals surface area (Å²) in [7, 11) is 3.31. The third-order valence-corrected chi connectivity index (χ3v) is 5.93. The molecule has 0 fully saturated rings. The number of rotatable bonds is 7. The Kier molecular flexibility index (Phi) is 7.13. The van der Waals surface area contributed by atoms with Crippen LogP contribution in [0.15, 0.2) is 60.0 Å². The van der Waals surface area contributed by atoms with E-state index in [2.05, 4.69) is 5.32 Å². The lowest BCUT2D eigenvalue weighted by Gasteiger charge is -2.21. The minimum Gasteiger partial charge on any atom is -0.465 e. The first kappa shape index (κ1) is 21.9. The topological polar surface area (TPSA) is 58.6 Å². The SMILES string of the molecule is COC(=O)c1ccc([C@H](C)NC(=O)c2sccc2N(C)Cc2ccc(Cl)cc2)cc1. The Morgan fingerprint density at radius 2 is 1.77 bits per heavy atom. The maximum atomic E-state index is 12.9. The maximum Gasteiger partial charge on any atom is 0.337 e. The first-order valence-electron chi connectivity index (χ1n) is 9.41. The number of nitrogens with one attached hydrogen (secondary N) is 1. The summed E-state index contributed by atoms with van der Waals surface area (Å²) in [6, 6.07) is 16.4. The van der Waals surface area contributed by atoms with Crippen LogP contribution in [0.1, 0.15) is 44.1 Å². The molecule has 7 heteroatoms.